The Labute approximate surface area is 279 Å². The summed E-state index contributed by atoms with van der Waals surface area (Å²) in [7, 11) is -3.24. The van der Waals surface area contributed by atoms with Crippen LogP contribution in [0.15, 0.2) is 102 Å². The van der Waals surface area contributed by atoms with E-state index in [1.165, 1.54) is 43.4 Å². The zero-order valence-electron chi connectivity index (χ0n) is 24.1. The largest absolute Gasteiger partial charge is 0.417 e. The average molecular weight is 713 g/mol. The van der Waals surface area contributed by atoms with Crippen LogP contribution in [0.4, 0.5) is 18.9 Å². The molecule has 0 radical (unpaired) electrons. The van der Waals surface area contributed by atoms with Crippen molar-refractivity contribution in [3.63, 3.8) is 0 Å². The van der Waals surface area contributed by atoms with Gasteiger partial charge >= 0.3 is 6.18 Å². The van der Waals surface area contributed by atoms with Crippen LogP contribution in [0, 0.1) is 0 Å². The molecule has 0 aromatic heterocycles. The highest BCUT2D eigenvalue weighted by Gasteiger charge is 2.37. The lowest BCUT2D eigenvalue weighted by Gasteiger charge is -2.34. The lowest BCUT2D eigenvalue weighted by atomic mass is 10.0. The first kappa shape index (κ1) is 35.1. The Morgan fingerprint density at radius 1 is 0.848 bits per heavy atom. The van der Waals surface area contributed by atoms with E-state index in [0.29, 0.717) is 26.5 Å². The van der Waals surface area contributed by atoms with E-state index in [4.69, 9.17) is 34.8 Å². The monoisotopic (exact) mass is 711 g/mol. The highest BCUT2D eigenvalue weighted by Crippen LogP contribution is 2.38. The molecular weight excluding hydrogens is 686 g/mol. The number of alkyl halides is 3. The van der Waals surface area contributed by atoms with Crippen LogP contribution in [0.5, 0.6) is 0 Å². The maximum Gasteiger partial charge on any atom is 0.417 e. The summed E-state index contributed by atoms with van der Waals surface area (Å²) < 4.78 is 70.1. The standard InChI is InChI=1S/C32H27Cl3F3N3O4S/c1-39-31(43)29(16-21-8-4-2-5-9-21)40(19-22-12-13-23(33)17-28(22)35)30(42)20-41(46(44,45)25-10-6-3-7-11-25)24-14-15-27(34)26(18-24)32(36,37)38/h2-15,17-18,29H,16,19-20H2,1H3,(H,39,43). The lowest BCUT2D eigenvalue weighted by molar-refractivity contribution is -0.139. The second-order valence-corrected chi connectivity index (χ2v) is 13.2. The highest BCUT2D eigenvalue weighted by molar-refractivity contribution is 7.92. The lowest BCUT2D eigenvalue weighted by Crippen LogP contribution is -2.53. The van der Waals surface area contributed by atoms with Gasteiger partial charge in [0.25, 0.3) is 10.0 Å². The van der Waals surface area contributed by atoms with Crippen LogP contribution in [-0.2, 0) is 38.8 Å². The molecule has 14 heteroatoms. The number of amides is 2. The van der Waals surface area contributed by atoms with Crippen LogP contribution < -0.4 is 9.62 Å². The molecule has 1 unspecified atom stereocenters. The topological polar surface area (TPSA) is 86.8 Å². The second-order valence-electron chi connectivity index (χ2n) is 10.1. The van der Waals surface area contributed by atoms with Gasteiger partial charge in [0.1, 0.15) is 12.6 Å². The van der Waals surface area contributed by atoms with Crippen molar-refractivity contribution in [2.45, 2.75) is 30.1 Å². The molecule has 0 saturated carbocycles. The summed E-state index contributed by atoms with van der Waals surface area (Å²) in [5.74, 6) is -1.45. The van der Waals surface area contributed by atoms with Gasteiger partial charge < -0.3 is 10.2 Å². The number of hydrogen-bond acceptors (Lipinski definition) is 4. The highest BCUT2D eigenvalue weighted by atomic mass is 35.5. The number of sulfonamides is 1. The summed E-state index contributed by atoms with van der Waals surface area (Å²) in [6.45, 7) is -1.23. The van der Waals surface area contributed by atoms with Crippen molar-refractivity contribution < 1.29 is 31.2 Å². The van der Waals surface area contributed by atoms with Gasteiger partial charge in [-0.15, -0.1) is 0 Å². The molecule has 242 valence electrons. The molecule has 2 amide bonds. The summed E-state index contributed by atoms with van der Waals surface area (Å²) in [4.78, 5) is 28.5. The van der Waals surface area contributed by atoms with Gasteiger partial charge in [0.05, 0.1) is 21.2 Å². The van der Waals surface area contributed by atoms with Crippen LogP contribution in [0.1, 0.15) is 16.7 Å². The molecule has 1 N–H and O–H groups in total. The Morgan fingerprint density at radius 2 is 1.48 bits per heavy atom. The van der Waals surface area contributed by atoms with Crippen molar-refractivity contribution >= 4 is 62.3 Å². The molecule has 0 aliphatic heterocycles. The molecule has 0 bridgehead atoms. The number of likely N-dealkylation sites (N-methyl/N-ethyl adjacent to an activating group) is 1. The number of carbonyl (C=O) groups excluding carboxylic acids is 2. The minimum Gasteiger partial charge on any atom is -0.357 e. The van der Waals surface area contributed by atoms with E-state index in [9.17, 15) is 31.2 Å². The predicted molar refractivity (Wildman–Crippen MR) is 172 cm³/mol. The van der Waals surface area contributed by atoms with Crippen molar-refractivity contribution in [3.05, 3.63) is 129 Å². The fourth-order valence-electron chi connectivity index (χ4n) is 4.69. The molecule has 1 atom stereocenters. The zero-order valence-corrected chi connectivity index (χ0v) is 27.2. The third-order valence-corrected chi connectivity index (χ3v) is 9.73. The maximum absolute atomic E-state index is 14.3. The van der Waals surface area contributed by atoms with Gasteiger partial charge in [-0.1, -0.05) is 89.4 Å². The summed E-state index contributed by atoms with van der Waals surface area (Å²) in [5, 5.41) is 2.40. The number of nitrogens with one attached hydrogen (secondary N) is 1. The van der Waals surface area contributed by atoms with Gasteiger partial charge in [0.2, 0.25) is 11.8 Å². The smallest absolute Gasteiger partial charge is 0.357 e. The molecule has 7 nitrogen and oxygen atoms in total. The van der Waals surface area contributed by atoms with E-state index < -0.39 is 56.9 Å². The second kappa shape index (κ2) is 14.8. The fourth-order valence-corrected chi connectivity index (χ4v) is 6.81. The van der Waals surface area contributed by atoms with Gasteiger partial charge in [-0.05, 0) is 53.6 Å². The first-order valence-electron chi connectivity index (χ1n) is 13.7. The van der Waals surface area contributed by atoms with Crippen LogP contribution in [0.25, 0.3) is 0 Å². The first-order valence-corrected chi connectivity index (χ1v) is 16.2. The van der Waals surface area contributed by atoms with E-state index in [-0.39, 0.29) is 22.9 Å². The molecule has 0 fully saturated rings. The molecule has 4 aromatic carbocycles. The summed E-state index contributed by atoms with van der Waals surface area (Å²) in [5.41, 5.74) is -0.662. The van der Waals surface area contributed by atoms with Crippen LogP contribution in [-0.4, -0.2) is 44.8 Å². The SMILES string of the molecule is CNC(=O)C(Cc1ccccc1)N(Cc1ccc(Cl)cc1Cl)C(=O)CN(c1ccc(Cl)c(C(F)(F)F)c1)S(=O)(=O)c1ccccc1. The van der Waals surface area contributed by atoms with Crippen LogP contribution in [0.3, 0.4) is 0 Å². The minimum absolute atomic E-state index is 0.0298. The number of nitrogens with zero attached hydrogens (tertiary/aromatic N) is 2. The molecule has 0 aliphatic rings. The third-order valence-electron chi connectivity index (χ3n) is 7.03. The molecular formula is C32H27Cl3F3N3O4S. The number of carbonyl (C=O) groups is 2. The molecule has 0 spiro atoms. The van der Waals surface area contributed by atoms with E-state index >= 15 is 0 Å². The van der Waals surface area contributed by atoms with E-state index in [0.717, 1.165) is 17.0 Å². The Bertz CT molecular complexity index is 1810. The van der Waals surface area contributed by atoms with Gasteiger partial charge in [0.15, 0.2) is 0 Å². The molecule has 0 saturated heterocycles. The van der Waals surface area contributed by atoms with Crippen molar-refractivity contribution in [1.82, 2.24) is 10.2 Å². The van der Waals surface area contributed by atoms with Crippen LogP contribution >= 0.6 is 34.8 Å². The van der Waals surface area contributed by atoms with Gasteiger partial charge in [-0.2, -0.15) is 13.2 Å². The van der Waals surface area contributed by atoms with Crippen molar-refractivity contribution in [1.29, 1.82) is 0 Å². The van der Waals surface area contributed by atoms with Gasteiger partial charge in [-0.25, -0.2) is 8.42 Å². The minimum atomic E-state index is -4.92. The number of anilines is 1. The first-order chi connectivity index (χ1) is 21.7. The Hall–Kier alpha value is -3.77. The zero-order chi connectivity index (χ0) is 33.6. The number of rotatable bonds is 11. The quantitative estimate of drug-likeness (QED) is 0.178. The van der Waals surface area contributed by atoms with Crippen molar-refractivity contribution in [2.75, 3.05) is 17.9 Å². The summed E-state index contributed by atoms with van der Waals surface area (Å²) in [6, 6.07) is 21.7. The summed E-state index contributed by atoms with van der Waals surface area (Å²) in [6.07, 6.45) is -4.89. The molecule has 4 rings (SSSR count). The molecule has 46 heavy (non-hydrogen) atoms. The van der Waals surface area contributed by atoms with E-state index in [2.05, 4.69) is 5.32 Å². The number of halogens is 6. The normalized spacial score (nSPS) is 12.3. The van der Waals surface area contributed by atoms with Gasteiger partial charge in [0, 0.05) is 30.1 Å². The number of hydrogen-bond donors (Lipinski definition) is 1. The maximum atomic E-state index is 14.3. The molecule has 0 heterocycles. The Kier molecular flexibility index (Phi) is 11.3. The fraction of sp³-hybridized carbons (Fsp3) is 0.188. The van der Waals surface area contributed by atoms with E-state index in [1.807, 2.05) is 0 Å². The third kappa shape index (κ3) is 8.33. The Balaban J connectivity index is 1.86. The Morgan fingerprint density at radius 3 is 2.07 bits per heavy atom. The summed E-state index contributed by atoms with van der Waals surface area (Å²) >= 11 is 18.3. The van der Waals surface area contributed by atoms with E-state index in [1.54, 1.807) is 42.5 Å². The van der Waals surface area contributed by atoms with Crippen molar-refractivity contribution in [2.24, 2.45) is 0 Å². The van der Waals surface area contributed by atoms with Crippen molar-refractivity contribution in [3.8, 4) is 0 Å². The van der Waals surface area contributed by atoms with Gasteiger partial charge in [-0.3, -0.25) is 13.9 Å². The molecule has 4 aromatic rings. The predicted octanol–water partition coefficient (Wildman–Crippen LogP) is 7.25. The average Bonchev–Trinajstić information content (AvgIpc) is 3.02. The molecule has 0 aliphatic carbocycles. The number of benzene rings is 4. The van der Waals surface area contributed by atoms with Crippen LogP contribution in [0.2, 0.25) is 15.1 Å².